The maximum absolute atomic E-state index is 11.7. The molecule has 0 unspecified atom stereocenters. The number of ether oxygens (including phenoxy) is 1. The van der Waals surface area contributed by atoms with Crippen molar-refractivity contribution in [3.05, 3.63) is 45.6 Å². The van der Waals surface area contributed by atoms with E-state index in [2.05, 4.69) is 25.2 Å². The molecule has 1 heterocycles. The van der Waals surface area contributed by atoms with Crippen LogP contribution < -0.4 is 15.8 Å². The van der Waals surface area contributed by atoms with Gasteiger partial charge in [-0.1, -0.05) is 6.07 Å². The molecule has 1 amide bonds. The molecule has 0 saturated carbocycles. The van der Waals surface area contributed by atoms with Crippen LogP contribution in [-0.2, 0) is 11.3 Å². The molecule has 5 heteroatoms. The number of rotatable bonds is 5. The molecule has 0 aliphatic rings. The minimum Gasteiger partial charge on any atom is -0.484 e. The highest BCUT2D eigenvalue weighted by atomic mass is 32.1. The summed E-state index contributed by atoms with van der Waals surface area (Å²) >= 11 is 1.70. The van der Waals surface area contributed by atoms with Crippen molar-refractivity contribution in [1.29, 1.82) is 0 Å². The second-order valence-electron chi connectivity index (χ2n) is 4.59. The van der Waals surface area contributed by atoms with Crippen LogP contribution in [0, 0.1) is 13.8 Å². The number of benzene rings is 1. The third kappa shape index (κ3) is 3.99. The van der Waals surface area contributed by atoms with Crippen molar-refractivity contribution in [3.63, 3.8) is 0 Å². The monoisotopic (exact) mass is 290 g/mol. The van der Waals surface area contributed by atoms with Gasteiger partial charge in [0.2, 0.25) is 0 Å². The van der Waals surface area contributed by atoms with Gasteiger partial charge >= 0.3 is 0 Å². The second-order valence-corrected chi connectivity index (χ2v) is 5.93. The van der Waals surface area contributed by atoms with E-state index in [-0.39, 0.29) is 12.5 Å². The van der Waals surface area contributed by atoms with E-state index in [0.717, 1.165) is 4.88 Å². The van der Waals surface area contributed by atoms with E-state index in [4.69, 9.17) is 10.5 Å². The molecule has 20 heavy (non-hydrogen) atoms. The summed E-state index contributed by atoms with van der Waals surface area (Å²) < 4.78 is 5.38. The van der Waals surface area contributed by atoms with Crippen LogP contribution in [0.1, 0.15) is 15.3 Å². The maximum Gasteiger partial charge on any atom is 0.258 e. The molecule has 0 aliphatic heterocycles. The minimum absolute atomic E-state index is 0.00715. The highest BCUT2D eigenvalue weighted by Gasteiger charge is 2.05. The molecular formula is C15H18N2O2S. The van der Waals surface area contributed by atoms with Crippen LogP contribution in [0.2, 0.25) is 0 Å². The first kappa shape index (κ1) is 14.4. The SMILES string of the molecule is Cc1cc(CNC(=O)COc2cccc(N)c2)sc1C. The Balaban J connectivity index is 1.78. The van der Waals surface area contributed by atoms with E-state index in [0.29, 0.717) is 18.0 Å². The lowest BCUT2D eigenvalue weighted by atomic mass is 10.3. The van der Waals surface area contributed by atoms with E-state index in [9.17, 15) is 4.79 Å². The number of amides is 1. The zero-order chi connectivity index (χ0) is 14.5. The number of nitrogens with one attached hydrogen (secondary N) is 1. The fourth-order valence-electron chi connectivity index (χ4n) is 1.73. The Morgan fingerprint density at radius 3 is 2.80 bits per heavy atom. The van der Waals surface area contributed by atoms with Crippen molar-refractivity contribution in [2.45, 2.75) is 20.4 Å². The first-order valence-corrected chi connectivity index (χ1v) is 7.17. The summed E-state index contributed by atoms with van der Waals surface area (Å²) in [4.78, 5) is 14.1. The molecule has 2 rings (SSSR count). The van der Waals surface area contributed by atoms with Gasteiger partial charge in [0.05, 0.1) is 6.54 Å². The summed E-state index contributed by atoms with van der Waals surface area (Å²) in [5.74, 6) is 0.457. The fraction of sp³-hybridized carbons (Fsp3) is 0.267. The van der Waals surface area contributed by atoms with Gasteiger partial charge in [-0.05, 0) is 37.6 Å². The highest BCUT2D eigenvalue weighted by molar-refractivity contribution is 7.12. The van der Waals surface area contributed by atoms with Gasteiger partial charge in [0.15, 0.2) is 6.61 Å². The Labute approximate surface area is 122 Å². The Hall–Kier alpha value is -2.01. The van der Waals surface area contributed by atoms with Crippen LogP contribution in [-0.4, -0.2) is 12.5 Å². The largest absolute Gasteiger partial charge is 0.484 e. The Morgan fingerprint density at radius 2 is 2.15 bits per heavy atom. The van der Waals surface area contributed by atoms with Crippen molar-refractivity contribution < 1.29 is 9.53 Å². The summed E-state index contributed by atoms with van der Waals surface area (Å²) in [6, 6.07) is 9.13. The lowest BCUT2D eigenvalue weighted by Crippen LogP contribution is -2.28. The lowest BCUT2D eigenvalue weighted by molar-refractivity contribution is -0.123. The molecule has 0 radical (unpaired) electrons. The standard InChI is InChI=1S/C15H18N2O2S/c1-10-6-14(20-11(10)2)8-17-15(18)9-19-13-5-3-4-12(16)7-13/h3-7H,8-9,16H2,1-2H3,(H,17,18). The van der Waals surface area contributed by atoms with E-state index >= 15 is 0 Å². The normalized spacial score (nSPS) is 10.3. The summed E-state index contributed by atoms with van der Waals surface area (Å²) in [5.41, 5.74) is 7.51. The number of carbonyl (C=O) groups excluding carboxylic acids is 1. The zero-order valence-corrected chi connectivity index (χ0v) is 12.4. The molecular weight excluding hydrogens is 272 g/mol. The predicted molar refractivity (Wildman–Crippen MR) is 82.0 cm³/mol. The minimum atomic E-state index is -0.142. The molecule has 3 N–H and O–H groups in total. The van der Waals surface area contributed by atoms with Crippen LogP contribution in [0.4, 0.5) is 5.69 Å². The summed E-state index contributed by atoms with van der Waals surface area (Å²) in [6.45, 7) is 4.68. The predicted octanol–water partition coefficient (Wildman–Crippen LogP) is 2.64. The van der Waals surface area contributed by atoms with Crippen molar-refractivity contribution in [2.24, 2.45) is 0 Å². The van der Waals surface area contributed by atoms with Gasteiger partial charge in [-0.2, -0.15) is 0 Å². The van der Waals surface area contributed by atoms with Gasteiger partial charge < -0.3 is 15.8 Å². The number of hydrogen-bond acceptors (Lipinski definition) is 4. The molecule has 1 aromatic heterocycles. The zero-order valence-electron chi connectivity index (χ0n) is 11.6. The number of anilines is 1. The van der Waals surface area contributed by atoms with Gasteiger partial charge in [-0.3, -0.25) is 4.79 Å². The number of thiophene rings is 1. The molecule has 0 aliphatic carbocycles. The summed E-state index contributed by atoms with van der Waals surface area (Å²) in [7, 11) is 0. The molecule has 2 aromatic rings. The third-order valence-electron chi connectivity index (χ3n) is 2.90. The molecule has 0 spiro atoms. The summed E-state index contributed by atoms with van der Waals surface area (Å²) in [6.07, 6.45) is 0. The quantitative estimate of drug-likeness (QED) is 0.832. The van der Waals surface area contributed by atoms with Crippen molar-refractivity contribution in [1.82, 2.24) is 5.32 Å². The molecule has 0 atom stereocenters. The average molecular weight is 290 g/mol. The molecule has 0 fully saturated rings. The van der Waals surface area contributed by atoms with Crippen molar-refractivity contribution in [3.8, 4) is 5.75 Å². The number of carbonyl (C=O) groups is 1. The molecule has 4 nitrogen and oxygen atoms in total. The first-order valence-electron chi connectivity index (χ1n) is 6.35. The third-order valence-corrected chi connectivity index (χ3v) is 4.06. The van der Waals surface area contributed by atoms with Gasteiger partial charge in [-0.15, -0.1) is 11.3 Å². The molecule has 0 saturated heterocycles. The number of aryl methyl sites for hydroxylation is 2. The average Bonchev–Trinajstić information content (AvgIpc) is 2.73. The fourth-order valence-corrected chi connectivity index (χ4v) is 2.72. The lowest BCUT2D eigenvalue weighted by Gasteiger charge is -2.07. The Bertz CT molecular complexity index is 588. The number of nitrogens with two attached hydrogens (primary N) is 1. The second kappa shape index (κ2) is 6.43. The molecule has 0 bridgehead atoms. The van der Waals surface area contributed by atoms with Gasteiger partial charge in [0.25, 0.3) is 5.91 Å². The smallest absolute Gasteiger partial charge is 0.258 e. The van der Waals surface area contributed by atoms with E-state index in [1.54, 1.807) is 35.6 Å². The first-order chi connectivity index (χ1) is 9.54. The van der Waals surface area contributed by atoms with Crippen molar-refractivity contribution in [2.75, 3.05) is 12.3 Å². The van der Waals surface area contributed by atoms with Crippen LogP contribution >= 0.6 is 11.3 Å². The topological polar surface area (TPSA) is 64.3 Å². The van der Waals surface area contributed by atoms with Crippen molar-refractivity contribution >= 4 is 22.9 Å². The van der Waals surface area contributed by atoms with E-state index < -0.39 is 0 Å². The van der Waals surface area contributed by atoms with Crippen LogP contribution in [0.5, 0.6) is 5.75 Å². The maximum atomic E-state index is 11.7. The van der Waals surface area contributed by atoms with E-state index in [1.165, 1.54) is 10.4 Å². The van der Waals surface area contributed by atoms with Crippen LogP contribution in [0.25, 0.3) is 0 Å². The Kier molecular flexibility index (Phi) is 4.63. The van der Waals surface area contributed by atoms with Crippen LogP contribution in [0.15, 0.2) is 30.3 Å². The highest BCUT2D eigenvalue weighted by Crippen LogP contribution is 2.20. The number of nitrogen functional groups attached to an aromatic ring is 1. The number of hydrogen-bond donors (Lipinski definition) is 2. The van der Waals surface area contributed by atoms with E-state index in [1.807, 2.05) is 0 Å². The molecule has 106 valence electrons. The summed E-state index contributed by atoms with van der Waals surface area (Å²) in [5, 5.41) is 2.84. The van der Waals surface area contributed by atoms with Crippen LogP contribution in [0.3, 0.4) is 0 Å². The van der Waals surface area contributed by atoms with Gasteiger partial charge in [0.1, 0.15) is 5.75 Å². The molecule has 1 aromatic carbocycles. The van der Waals surface area contributed by atoms with Gasteiger partial charge in [0, 0.05) is 21.5 Å². The van der Waals surface area contributed by atoms with Gasteiger partial charge in [-0.25, -0.2) is 0 Å². The Morgan fingerprint density at radius 1 is 1.35 bits per heavy atom.